The smallest absolute Gasteiger partial charge is 0.431 e. The highest BCUT2D eigenvalue weighted by atomic mass is 19.4. The van der Waals surface area contributed by atoms with Gasteiger partial charge in [0.25, 0.3) is 5.56 Å². The van der Waals surface area contributed by atoms with Gasteiger partial charge in [-0.05, 0) is 24.6 Å². The molecule has 0 aliphatic carbocycles. The predicted molar refractivity (Wildman–Crippen MR) is 116 cm³/mol. The molecular weight excluding hydrogens is 490 g/mol. The van der Waals surface area contributed by atoms with Gasteiger partial charge in [0, 0.05) is 19.2 Å². The van der Waals surface area contributed by atoms with Gasteiger partial charge in [-0.1, -0.05) is 19.1 Å². The van der Waals surface area contributed by atoms with Crippen LogP contribution in [0.2, 0.25) is 0 Å². The van der Waals surface area contributed by atoms with Crippen LogP contribution in [0.3, 0.4) is 0 Å². The molecule has 13 heteroatoms. The van der Waals surface area contributed by atoms with E-state index in [9.17, 15) is 42.3 Å². The van der Waals surface area contributed by atoms with Crippen LogP contribution >= 0.6 is 0 Å². The zero-order valence-corrected chi connectivity index (χ0v) is 18.7. The second kappa shape index (κ2) is 9.95. The molecule has 0 fully saturated rings. The highest BCUT2D eigenvalue weighted by Crippen LogP contribution is 2.35. The van der Waals surface area contributed by atoms with Crippen LogP contribution in [0.5, 0.6) is 17.2 Å². The largest absolute Gasteiger partial charge is 0.479 e. The van der Waals surface area contributed by atoms with Gasteiger partial charge in [0.2, 0.25) is 0 Å². The van der Waals surface area contributed by atoms with Crippen LogP contribution in [0.1, 0.15) is 24.6 Å². The molecular formula is C23H17F4N3O6. The van der Waals surface area contributed by atoms with Gasteiger partial charge in [0.1, 0.15) is 23.3 Å². The molecule has 1 N–H and O–H groups in total. The fourth-order valence-electron chi connectivity index (χ4n) is 3.22. The first-order valence-electron chi connectivity index (χ1n) is 10.2. The van der Waals surface area contributed by atoms with Crippen molar-refractivity contribution in [2.24, 2.45) is 7.05 Å². The second-order valence-electron chi connectivity index (χ2n) is 7.36. The molecule has 0 amide bonds. The molecule has 2 aromatic carbocycles. The summed E-state index contributed by atoms with van der Waals surface area (Å²) >= 11 is 0. The lowest BCUT2D eigenvalue weighted by Gasteiger charge is -2.18. The lowest BCUT2D eigenvalue weighted by atomic mass is 10.1. The number of alkyl halides is 3. The standard InChI is InChI=1S/C23H17F4N3O6/c1-3-15(21(32)33)35-16-6-4-5-7-17(16)36-18-9-14(13(24)8-12(18)11-28)30-20(31)10-19(23(25,26)27)29(2)22(30)34/h4-10,15H,3H2,1-2H3,(H,32,33). The van der Waals surface area contributed by atoms with Gasteiger partial charge < -0.3 is 14.6 Å². The van der Waals surface area contributed by atoms with Crippen molar-refractivity contribution in [2.75, 3.05) is 0 Å². The van der Waals surface area contributed by atoms with Gasteiger partial charge in [0.05, 0.1) is 11.3 Å². The Labute approximate surface area is 200 Å². The second-order valence-corrected chi connectivity index (χ2v) is 7.36. The summed E-state index contributed by atoms with van der Waals surface area (Å²) in [6.07, 6.45) is -6.14. The van der Waals surface area contributed by atoms with Crippen molar-refractivity contribution in [1.29, 1.82) is 5.26 Å². The number of ether oxygens (including phenoxy) is 2. The minimum Gasteiger partial charge on any atom is -0.479 e. The van der Waals surface area contributed by atoms with Gasteiger partial charge in [-0.3, -0.25) is 9.36 Å². The number of aliphatic carboxylic acids is 1. The number of nitriles is 1. The van der Waals surface area contributed by atoms with Gasteiger partial charge in [-0.2, -0.15) is 18.4 Å². The fraction of sp³-hybridized carbons (Fsp3) is 0.217. The van der Waals surface area contributed by atoms with E-state index in [1.165, 1.54) is 24.3 Å². The third-order valence-corrected chi connectivity index (χ3v) is 5.01. The molecule has 0 spiro atoms. The SMILES string of the molecule is CCC(Oc1ccccc1Oc1cc(-n2c(=O)cc(C(F)(F)F)n(C)c2=O)c(F)cc1C#N)C(=O)O. The number of nitrogens with zero attached hydrogens (tertiary/aromatic N) is 3. The summed E-state index contributed by atoms with van der Waals surface area (Å²) in [6, 6.07) is 9.01. The van der Waals surface area contributed by atoms with Crippen molar-refractivity contribution in [1.82, 2.24) is 9.13 Å². The van der Waals surface area contributed by atoms with Crippen LogP contribution in [0.15, 0.2) is 52.1 Å². The Bertz CT molecular complexity index is 1490. The van der Waals surface area contributed by atoms with Gasteiger partial charge in [-0.25, -0.2) is 18.5 Å². The molecule has 0 saturated carbocycles. The first-order valence-corrected chi connectivity index (χ1v) is 10.2. The maximum Gasteiger partial charge on any atom is 0.431 e. The normalized spacial score (nSPS) is 12.0. The number of carbonyl (C=O) groups is 1. The van der Waals surface area contributed by atoms with Crippen LogP contribution < -0.4 is 20.7 Å². The van der Waals surface area contributed by atoms with E-state index in [1.54, 1.807) is 13.0 Å². The third kappa shape index (κ3) is 5.07. The summed E-state index contributed by atoms with van der Waals surface area (Å²) in [5.74, 6) is -2.99. The van der Waals surface area contributed by atoms with Gasteiger partial charge >= 0.3 is 17.8 Å². The van der Waals surface area contributed by atoms with Gasteiger partial charge in [0.15, 0.2) is 17.6 Å². The molecule has 188 valence electrons. The number of rotatable bonds is 7. The van der Waals surface area contributed by atoms with E-state index >= 15 is 0 Å². The molecule has 0 aliphatic rings. The van der Waals surface area contributed by atoms with Crippen LogP contribution in [0, 0.1) is 17.1 Å². The van der Waals surface area contributed by atoms with Crippen molar-refractivity contribution in [3.63, 3.8) is 0 Å². The first-order chi connectivity index (χ1) is 16.9. The number of hydrogen-bond donors (Lipinski definition) is 1. The number of halogens is 4. The highest BCUT2D eigenvalue weighted by Gasteiger charge is 2.35. The Morgan fingerprint density at radius 2 is 1.78 bits per heavy atom. The first kappa shape index (κ1) is 26.0. The van der Waals surface area contributed by atoms with E-state index in [2.05, 4.69) is 0 Å². The minimum absolute atomic E-state index is 0.0378. The van der Waals surface area contributed by atoms with Crippen molar-refractivity contribution in [3.05, 3.63) is 80.4 Å². The van der Waals surface area contributed by atoms with E-state index in [0.29, 0.717) is 6.07 Å². The van der Waals surface area contributed by atoms with Crippen molar-refractivity contribution in [2.45, 2.75) is 25.6 Å². The van der Waals surface area contributed by atoms with Crippen molar-refractivity contribution < 1.29 is 36.9 Å². The number of carboxylic acid groups (broad SMARTS) is 1. The summed E-state index contributed by atoms with van der Waals surface area (Å²) in [6.45, 7) is 1.57. The number of hydrogen-bond acceptors (Lipinski definition) is 6. The zero-order valence-electron chi connectivity index (χ0n) is 18.7. The Kier molecular flexibility index (Phi) is 7.19. The topological polar surface area (TPSA) is 124 Å². The lowest BCUT2D eigenvalue weighted by molar-refractivity contribution is -0.145. The van der Waals surface area contributed by atoms with Crippen LogP contribution in [-0.4, -0.2) is 26.3 Å². The molecule has 1 aromatic heterocycles. The van der Waals surface area contributed by atoms with E-state index in [4.69, 9.17) is 9.47 Å². The maximum atomic E-state index is 14.8. The fourth-order valence-corrected chi connectivity index (χ4v) is 3.22. The highest BCUT2D eigenvalue weighted by molar-refractivity contribution is 5.72. The number of benzene rings is 2. The molecule has 0 aliphatic heterocycles. The Morgan fingerprint density at radius 3 is 2.33 bits per heavy atom. The molecule has 1 heterocycles. The summed E-state index contributed by atoms with van der Waals surface area (Å²) in [7, 11) is 0.764. The molecule has 1 atom stereocenters. The van der Waals surface area contributed by atoms with E-state index in [-0.39, 0.29) is 44.4 Å². The van der Waals surface area contributed by atoms with Gasteiger partial charge in [-0.15, -0.1) is 0 Å². The minimum atomic E-state index is -5.01. The number of para-hydroxylation sites is 2. The number of aromatic nitrogens is 2. The van der Waals surface area contributed by atoms with Crippen LogP contribution in [0.4, 0.5) is 17.6 Å². The molecule has 0 saturated heterocycles. The molecule has 1 unspecified atom stereocenters. The molecule has 0 bridgehead atoms. The Morgan fingerprint density at radius 1 is 1.14 bits per heavy atom. The Hall–Kier alpha value is -4.60. The quantitative estimate of drug-likeness (QED) is 0.485. The lowest BCUT2D eigenvalue weighted by Crippen LogP contribution is -2.41. The summed E-state index contributed by atoms with van der Waals surface area (Å²) in [5, 5.41) is 18.7. The summed E-state index contributed by atoms with van der Waals surface area (Å²) in [5.41, 5.74) is -5.63. The molecule has 9 nitrogen and oxygen atoms in total. The zero-order chi connectivity index (χ0) is 26.8. The average molecular weight is 507 g/mol. The maximum absolute atomic E-state index is 14.8. The van der Waals surface area contributed by atoms with Crippen molar-refractivity contribution >= 4 is 5.97 Å². The van der Waals surface area contributed by atoms with Crippen LogP contribution in [0.25, 0.3) is 5.69 Å². The Balaban J connectivity index is 2.16. The van der Waals surface area contributed by atoms with E-state index in [1.807, 2.05) is 0 Å². The third-order valence-electron chi connectivity index (χ3n) is 5.01. The molecule has 36 heavy (non-hydrogen) atoms. The van der Waals surface area contributed by atoms with Crippen LogP contribution in [-0.2, 0) is 18.0 Å². The summed E-state index contributed by atoms with van der Waals surface area (Å²) in [4.78, 5) is 36.3. The molecule has 3 aromatic rings. The molecule has 0 radical (unpaired) electrons. The average Bonchev–Trinajstić information content (AvgIpc) is 2.81. The van der Waals surface area contributed by atoms with Crippen molar-refractivity contribution in [3.8, 4) is 29.0 Å². The van der Waals surface area contributed by atoms with E-state index in [0.717, 1.165) is 13.1 Å². The molecule has 3 rings (SSSR count). The number of carboxylic acids is 1. The summed E-state index contributed by atoms with van der Waals surface area (Å²) < 4.78 is 65.7. The predicted octanol–water partition coefficient (Wildman–Crippen LogP) is 3.60. The van der Waals surface area contributed by atoms with E-state index < -0.39 is 46.7 Å². The monoisotopic (exact) mass is 507 g/mol.